The molecule has 0 heterocycles. The molecule has 2 heteroatoms. The van der Waals surface area contributed by atoms with E-state index in [9.17, 15) is 0 Å². The maximum Gasteiger partial charge on any atom is 0.0788 e. The number of hydrogen-bond acceptors (Lipinski definition) is 2. The van der Waals surface area contributed by atoms with E-state index in [2.05, 4.69) is 234 Å². The molecule has 0 radical (unpaired) electrons. The van der Waals surface area contributed by atoms with Gasteiger partial charge in [-0.3, -0.25) is 0 Å². The van der Waals surface area contributed by atoms with Crippen molar-refractivity contribution in [2.24, 2.45) is 0 Å². The van der Waals surface area contributed by atoms with Crippen molar-refractivity contribution in [2.45, 2.75) is 12.5 Å². The molecule has 0 bridgehead atoms. The number of hydrogen-bond donors (Lipinski definition) is 0. The second-order valence-electron chi connectivity index (χ2n) is 15.2. The summed E-state index contributed by atoms with van der Waals surface area (Å²) in [7, 11) is 0. The number of benzene rings is 9. The Morgan fingerprint density at radius 1 is 0.431 bits per heavy atom. The van der Waals surface area contributed by atoms with E-state index in [1.165, 1.54) is 71.8 Å². The average molecular weight is 741 g/mol. The lowest BCUT2D eigenvalue weighted by Gasteiger charge is -2.40. The highest BCUT2D eigenvalue weighted by molar-refractivity contribution is 6.15. The van der Waals surface area contributed by atoms with Gasteiger partial charge in [-0.05, 0) is 128 Å². The highest BCUT2D eigenvalue weighted by Crippen LogP contribution is 2.53. The molecular weight excluding hydrogens is 701 g/mol. The zero-order valence-electron chi connectivity index (χ0n) is 32.0. The highest BCUT2D eigenvalue weighted by atomic mass is 15.2. The van der Waals surface area contributed by atoms with E-state index < -0.39 is 0 Å². The molecule has 58 heavy (non-hydrogen) atoms. The number of anilines is 5. The van der Waals surface area contributed by atoms with Crippen molar-refractivity contribution in [3.05, 3.63) is 247 Å². The Morgan fingerprint density at radius 3 is 1.66 bits per heavy atom. The smallest absolute Gasteiger partial charge is 0.0788 e. The fourth-order valence-corrected chi connectivity index (χ4v) is 9.33. The zero-order chi connectivity index (χ0) is 38.4. The van der Waals surface area contributed by atoms with Crippen molar-refractivity contribution in [2.75, 3.05) is 9.80 Å². The Hall–Kier alpha value is -7.42. The Balaban J connectivity index is 1.24. The summed E-state index contributed by atoms with van der Waals surface area (Å²) in [6.07, 6.45) is 5.86. The number of fused-ring (bicyclic) bond motifs is 1. The van der Waals surface area contributed by atoms with Crippen LogP contribution in [0.25, 0.3) is 43.8 Å². The fourth-order valence-electron chi connectivity index (χ4n) is 9.33. The minimum Gasteiger partial charge on any atom is -0.330 e. The van der Waals surface area contributed by atoms with Gasteiger partial charge in [0.1, 0.15) is 0 Å². The van der Waals surface area contributed by atoms with Gasteiger partial charge < -0.3 is 9.80 Å². The first-order valence-electron chi connectivity index (χ1n) is 20.2. The molecule has 0 saturated carbocycles. The second kappa shape index (κ2) is 14.3. The molecule has 2 nitrogen and oxygen atoms in total. The van der Waals surface area contributed by atoms with Crippen molar-refractivity contribution in [3.8, 4) is 11.1 Å². The van der Waals surface area contributed by atoms with Crippen LogP contribution < -0.4 is 9.80 Å². The standard InChI is InChI=1S/C56H40N2/c1-6-19-40(20-7-1)51-37-53(57(43-24-10-3-11-25-43)44-26-12-4-13-27-44)49-34-32-48-52(41-21-8-2-9-22-41)38-54(50-35-33-47(51)55(49)56(48)50)58(45-28-14-5-15-29-45)46-31-30-39-18-16-17-23-42(39)36-46/h1-31,33-38,53H,32H2. The monoisotopic (exact) mass is 740 g/mol. The van der Waals surface area contributed by atoms with Gasteiger partial charge in [-0.2, -0.15) is 0 Å². The first-order chi connectivity index (χ1) is 28.8. The first-order valence-corrected chi connectivity index (χ1v) is 20.2. The maximum atomic E-state index is 2.52. The minimum atomic E-state index is -0.0548. The van der Waals surface area contributed by atoms with Crippen LogP contribution in [0.3, 0.4) is 0 Å². The van der Waals surface area contributed by atoms with Crippen LogP contribution in [0.4, 0.5) is 28.4 Å². The van der Waals surface area contributed by atoms with E-state index in [1.54, 1.807) is 0 Å². The van der Waals surface area contributed by atoms with Crippen molar-refractivity contribution in [1.29, 1.82) is 0 Å². The molecule has 2 aliphatic rings. The summed E-state index contributed by atoms with van der Waals surface area (Å²) >= 11 is 0. The van der Waals surface area contributed by atoms with Gasteiger partial charge >= 0.3 is 0 Å². The largest absolute Gasteiger partial charge is 0.330 e. The van der Waals surface area contributed by atoms with Crippen LogP contribution in [0.1, 0.15) is 22.3 Å². The lowest BCUT2D eigenvalue weighted by atomic mass is 9.73. The summed E-state index contributed by atoms with van der Waals surface area (Å²) in [6.45, 7) is 0. The third-order valence-electron chi connectivity index (χ3n) is 11.9. The van der Waals surface area contributed by atoms with Gasteiger partial charge in [0.15, 0.2) is 0 Å². The van der Waals surface area contributed by atoms with Crippen LogP contribution in [-0.2, 0) is 6.42 Å². The van der Waals surface area contributed by atoms with E-state index in [0.717, 1.165) is 29.2 Å². The zero-order valence-corrected chi connectivity index (χ0v) is 32.0. The number of nitrogens with zero attached hydrogens (tertiary/aromatic N) is 2. The molecular formula is C56H40N2. The lowest BCUT2D eigenvalue weighted by molar-refractivity contribution is 0.946. The Labute approximate surface area is 339 Å². The third-order valence-corrected chi connectivity index (χ3v) is 11.9. The quantitative estimate of drug-likeness (QED) is 0.153. The summed E-state index contributed by atoms with van der Waals surface area (Å²) in [5.74, 6) is 0. The second-order valence-corrected chi connectivity index (χ2v) is 15.2. The number of para-hydroxylation sites is 3. The third kappa shape index (κ3) is 5.73. The van der Waals surface area contributed by atoms with E-state index in [-0.39, 0.29) is 6.04 Å². The predicted octanol–water partition coefficient (Wildman–Crippen LogP) is 14.7. The normalized spacial score (nSPS) is 14.2. The molecule has 9 aromatic rings. The average Bonchev–Trinajstić information content (AvgIpc) is 3.30. The fraction of sp³-hybridized carbons (Fsp3) is 0.0357. The van der Waals surface area contributed by atoms with Crippen LogP contribution in [0.2, 0.25) is 0 Å². The highest BCUT2D eigenvalue weighted by Gasteiger charge is 2.35. The summed E-state index contributed by atoms with van der Waals surface area (Å²) in [5.41, 5.74) is 16.0. The first kappa shape index (κ1) is 33.9. The summed E-state index contributed by atoms with van der Waals surface area (Å²) in [6, 6.07) is 77.3. The van der Waals surface area contributed by atoms with Gasteiger partial charge in [0.05, 0.1) is 11.7 Å². The van der Waals surface area contributed by atoms with E-state index in [0.29, 0.717) is 0 Å². The van der Waals surface area contributed by atoms with Gasteiger partial charge in [0.2, 0.25) is 0 Å². The molecule has 0 fully saturated rings. The molecule has 0 amide bonds. The molecule has 0 saturated heterocycles. The molecule has 2 aliphatic carbocycles. The van der Waals surface area contributed by atoms with Crippen LogP contribution in [0.15, 0.2) is 224 Å². The Morgan fingerprint density at radius 2 is 1.00 bits per heavy atom. The SMILES string of the molecule is C1=C(c2ccccc2)c2ccc3c(N(c4ccccc4)c4ccc5ccccc5c4)cc(-c4ccccc4)c4c3c2C(=CC4)C1N(c1ccccc1)c1ccccc1. The summed E-state index contributed by atoms with van der Waals surface area (Å²) in [4.78, 5) is 4.99. The van der Waals surface area contributed by atoms with Gasteiger partial charge in [0.25, 0.3) is 0 Å². The molecule has 1 atom stereocenters. The minimum absolute atomic E-state index is 0.0548. The Kier molecular flexibility index (Phi) is 8.33. The van der Waals surface area contributed by atoms with Crippen LogP contribution in [0, 0.1) is 0 Å². The molecule has 1 unspecified atom stereocenters. The van der Waals surface area contributed by atoms with E-state index in [1.807, 2.05) is 0 Å². The van der Waals surface area contributed by atoms with Gasteiger partial charge in [-0.25, -0.2) is 0 Å². The van der Waals surface area contributed by atoms with Gasteiger partial charge in [0, 0.05) is 28.1 Å². The molecule has 0 spiro atoms. The van der Waals surface area contributed by atoms with Crippen molar-refractivity contribution in [1.82, 2.24) is 0 Å². The number of rotatable bonds is 8. The van der Waals surface area contributed by atoms with E-state index >= 15 is 0 Å². The molecule has 9 aromatic carbocycles. The topological polar surface area (TPSA) is 6.48 Å². The maximum absolute atomic E-state index is 2.52. The van der Waals surface area contributed by atoms with Crippen molar-refractivity contribution < 1.29 is 0 Å². The summed E-state index contributed by atoms with van der Waals surface area (Å²) in [5, 5.41) is 5.03. The van der Waals surface area contributed by atoms with Crippen LogP contribution >= 0.6 is 0 Å². The van der Waals surface area contributed by atoms with Crippen molar-refractivity contribution >= 4 is 61.1 Å². The van der Waals surface area contributed by atoms with Gasteiger partial charge in [-0.15, -0.1) is 0 Å². The molecule has 0 N–H and O–H groups in total. The predicted molar refractivity (Wildman–Crippen MR) is 246 cm³/mol. The lowest BCUT2D eigenvalue weighted by Crippen LogP contribution is -2.34. The van der Waals surface area contributed by atoms with Crippen molar-refractivity contribution in [3.63, 3.8) is 0 Å². The van der Waals surface area contributed by atoms with E-state index in [4.69, 9.17) is 0 Å². The Bertz CT molecular complexity index is 2970. The number of allylic oxidation sites excluding steroid dienone is 1. The van der Waals surface area contributed by atoms with Gasteiger partial charge in [-0.1, -0.05) is 164 Å². The molecule has 0 aliphatic heterocycles. The summed E-state index contributed by atoms with van der Waals surface area (Å²) < 4.78 is 0. The van der Waals surface area contributed by atoms with Crippen LogP contribution in [0.5, 0.6) is 0 Å². The van der Waals surface area contributed by atoms with Crippen LogP contribution in [-0.4, -0.2) is 6.04 Å². The molecule has 0 aromatic heterocycles. The molecule has 11 rings (SSSR count). The molecule has 274 valence electrons.